The highest BCUT2D eigenvalue weighted by Crippen LogP contribution is 2.40. The van der Waals surface area contributed by atoms with E-state index in [2.05, 4.69) is 22.0 Å². The van der Waals surface area contributed by atoms with Crippen LogP contribution in [0.25, 0.3) is 0 Å². The molecule has 2 aromatic rings. The van der Waals surface area contributed by atoms with Gasteiger partial charge < -0.3 is 20.1 Å². The molecule has 0 aliphatic carbocycles. The van der Waals surface area contributed by atoms with Crippen LogP contribution in [0.1, 0.15) is 22.7 Å². The molecule has 0 spiro atoms. The van der Waals surface area contributed by atoms with Crippen LogP contribution in [0.3, 0.4) is 0 Å². The van der Waals surface area contributed by atoms with Gasteiger partial charge in [-0.3, -0.25) is 4.79 Å². The van der Waals surface area contributed by atoms with Crippen molar-refractivity contribution >= 4 is 15.9 Å². The highest BCUT2D eigenvalue weighted by Gasteiger charge is 2.34. The lowest BCUT2D eigenvalue weighted by Gasteiger charge is -2.27. The molecule has 6 nitrogen and oxygen atoms in total. The van der Waals surface area contributed by atoms with Crippen LogP contribution in [-0.4, -0.2) is 16.3 Å². The predicted molar refractivity (Wildman–Crippen MR) is 96.0 cm³/mol. The number of aliphatic hydroxyl groups excluding tert-OH is 1. The van der Waals surface area contributed by atoms with Crippen LogP contribution in [-0.2, 0) is 6.54 Å². The van der Waals surface area contributed by atoms with Crippen molar-refractivity contribution in [1.82, 2.24) is 4.57 Å². The van der Waals surface area contributed by atoms with Gasteiger partial charge in [-0.2, -0.15) is 5.26 Å². The minimum atomic E-state index is -0.611. The number of nitrogens with two attached hydrogens (primary N) is 1. The van der Waals surface area contributed by atoms with E-state index >= 15 is 0 Å². The molecule has 0 fully saturated rings. The maximum absolute atomic E-state index is 13.0. The van der Waals surface area contributed by atoms with Crippen molar-refractivity contribution in [3.8, 4) is 11.8 Å². The predicted octanol–water partition coefficient (Wildman–Crippen LogP) is 2.13. The SMILES string of the molecule is Cc1cc2c(c(=O)n1CCO)[C@@H](c1ccc(Br)cc1)C(C#N)=C(N)O2. The molecule has 0 amide bonds. The van der Waals surface area contributed by atoms with Crippen LogP contribution in [0, 0.1) is 18.3 Å². The second-order valence-corrected chi connectivity index (χ2v) is 6.64. The minimum absolute atomic E-state index is 0.00151. The summed E-state index contributed by atoms with van der Waals surface area (Å²) in [6.07, 6.45) is 0. The monoisotopic (exact) mass is 401 g/mol. The van der Waals surface area contributed by atoms with Crippen LogP contribution < -0.4 is 16.0 Å². The second-order valence-electron chi connectivity index (χ2n) is 5.72. The largest absolute Gasteiger partial charge is 0.440 e. The van der Waals surface area contributed by atoms with Gasteiger partial charge in [-0.05, 0) is 24.6 Å². The smallest absolute Gasteiger partial charge is 0.258 e. The molecule has 0 saturated heterocycles. The Labute approximate surface area is 152 Å². The Bertz CT molecular complexity index is 955. The van der Waals surface area contributed by atoms with Gasteiger partial charge in [0, 0.05) is 22.8 Å². The molecule has 0 radical (unpaired) electrons. The van der Waals surface area contributed by atoms with Crippen LogP contribution in [0.2, 0.25) is 0 Å². The maximum Gasteiger partial charge on any atom is 0.258 e. The fourth-order valence-corrected chi connectivity index (χ4v) is 3.32. The summed E-state index contributed by atoms with van der Waals surface area (Å²) in [4.78, 5) is 13.0. The summed E-state index contributed by atoms with van der Waals surface area (Å²) in [5, 5.41) is 18.8. The number of aromatic nitrogens is 1. The molecule has 0 saturated carbocycles. The Morgan fingerprint density at radius 2 is 2.08 bits per heavy atom. The zero-order valence-electron chi connectivity index (χ0n) is 13.5. The summed E-state index contributed by atoms with van der Waals surface area (Å²) in [5.41, 5.74) is 7.62. The first kappa shape index (κ1) is 17.3. The number of hydrogen-bond donors (Lipinski definition) is 2. The number of hydrogen-bond acceptors (Lipinski definition) is 5. The number of aliphatic hydroxyl groups is 1. The van der Waals surface area contributed by atoms with Gasteiger partial charge in [-0.1, -0.05) is 28.1 Å². The van der Waals surface area contributed by atoms with Gasteiger partial charge >= 0.3 is 0 Å². The van der Waals surface area contributed by atoms with Gasteiger partial charge in [-0.15, -0.1) is 0 Å². The van der Waals surface area contributed by atoms with Crippen molar-refractivity contribution in [3.05, 3.63) is 73.4 Å². The molecule has 0 bridgehead atoms. The summed E-state index contributed by atoms with van der Waals surface area (Å²) < 4.78 is 7.92. The first-order valence-corrected chi connectivity index (χ1v) is 8.45. The lowest BCUT2D eigenvalue weighted by Crippen LogP contribution is -2.33. The summed E-state index contributed by atoms with van der Waals surface area (Å²) in [7, 11) is 0. The van der Waals surface area contributed by atoms with Crippen LogP contribution >= 0.6 is 15.9 Å². The lowest BCUT2D eigenvalue weighted by molar-refractivity contribution is 0.272. The number of aryl methyl sites for hydroxylation is 1. The molecule has 25 heavy (non-hydrogen) atoms. The Balaban J connectivity index is 2.30. The molecule has 7 heteroatoms. The molecular weight excluding hydrogens is 386 g/mol. The molecule has 1 aromatic heterocycles. The molecule has 1 atom stereocenters. The molecule has 2 heterocycles. The Hall–Kier alpha value is -2.56. The zero-order chi connectivity index (χ0) is 18.1. The molecule has 128 valence electrons. The molecule has 3 N–H and O–H groups in total. The van der Waals surface area contributed by atoms with E-state index in [0.29, 0.717) is 17.0 Å². The quantitative estimate of drug-likeness (QED) is 0.819. The van der Waals surface area contributed by atoms with Gasteiger partial charge in [0.15, 0.2) is 0 Å². The fraction of sp³-hybridized carbons (Fsp3) is 0.222. The first-order valence-electron chi connectivity index (χ1n) is 7.66. The first-order chi connectivity index (χ1) is 12.0. The number of pyridine rings is 1. The van der Waals surface area contributed by atoms with Gasteiger partial charge in [-0.25, -0.2) is 0 Å². The maximum atomic E-state index is 13.0. The number of nitrogens with zero attached hydrogens (tertiary/aromatic N) is 2. The van der Waals surface area contributed by atoms with Crippen molar-refractivity contribution < 1.29 is 9.84 Å². The number of nitriles is 1. The number of benzene rings is 1. The Kier molecular flexibility index (Phi) is 4.66. The number of fused-ring (bicyclic) bond motifs is 1. The zero-order valence-corrected chi connectivity index (χ0v) is 15.1. The van der Waals surface area contributed by atoms with Gasteiger partial charge in [0.2, 0.25) is 5.88 Å². The third-order valence-corrected chi connectivity index (χ3v) is 4.75. The summed E-state index contributed by atoms with van der Waals surface area (Å²) >= 11 is 3.38. The van der Waals surface area contributed by atoms with E-state index in [1.165, 1.54) is 4.57 Å². The summed E-state index contributed by atoms with van der Waals surface area (Å²) in [5.74, 6) is -0.261. The van der Waals surface area contributed by atoms with Crippen LogP contribution in [0.15, 0.2) is 51.1 Å². The van der Waals surface area contributed by atoms with Crippen molar-refractivity contribution in [2.75, 3.05) is 6.61 Å². The molecule has 3 rings (SSSR count). The van der Waals surface area contributed by atoms with Crippen molar-refractivity contribution in [2.24, 2.45) is 5.73 Å². The molecular formula is C18H16BrN3O3. The molecule has 1 aliphatic rings. The normalized spacial score (nSPS) is 16.2. The molecule has 1 aromatic carbocycles. The van der Waals surface area contributed by atoms with E-state index in [0.717, 1.165) is 10.0 Å². The van der Waals surface area contributed by atoms with Gasteiger partial charge in [0.1, 0.15) is 17.4 Å². The minimum Gasteiger partial charge on any atom is -0.440 e. The fourth-order valence-electron chi connectivity index (χ4n) is 3.05. The number of ether oxygens (including phenoxy) is 1. The van der Waals surface area contributed by atoms with E-state index < -0.39 is 5.92 Å². The third-order valence-electron chi connectivity index (χ3n) is 4.22. The number of rotatable bonds is 3. The molecule has 1 aliphatic heterocycles. The second kappa shape index (κ2) is 6.75. The molecule has 0 unspecified atom stereocenters. The Morgan fingerprint density at radius 3 is 2.68 bits per heavy atom. The standard InChI is InChI=1S/C18H16BrN3O3/c1-10-8-14-16(18(24)22(10)6-7-23)15(13(9-20)17(21)25-14)11-2-4-12(19)5-3-11/h2-5,8,15,23H,6-7,21H2,1H3/t15-/m0/s1. The van der Waals surface area contributed by atoms with E-state index in [9.17, 15) is 15.2 Å². The number of allylic oxidation sites excluding steroid dienone is 1. The summed E-state index contributed by atoms with van der Waals surface area (Å²) in [6, 6.07) is 11.1. The van der Waals surface area contributed by atoms with Crippen molar-refractivity contribution in [2.45, 2.75) is 19.4 Å². The third kappa shape index (κ3) is 2.95. The highest BCUT2D eigenvalue weighted by atomic mass is 79.9. The Morgan fingerprint density at radius 1 is 1.40 bits per heavy atom. The van der Waals surface area contributed by atoms with Crippen molar-refractivity contribution in [1.29, 1.82) is 5.26 Å². The van der Waals surface area contributed by atoms with Crippen LogP contribution in [0.4, 0.5) is 0 Å². The van der Waals surface area contributed by atoms with E-state index in [-0.39, 0.29) is 30.2 Å². The van der Waals surface area contributed by atoms with E-state index in [1.807, 2.05) is 24.3 Å². The summed E-state index contributed by atoms with van der Waals surface area (Å²) in [6.45, 7) is 1.77. The van der Waals surface area contributed by atoms with Gasteiger partial charge in [0.25, 0.3) is 5.56 Å². The van der Waals surface area contributed by atoms with Crippen molar-refractivity contribution in [3.63, 3.8) is 0 Å². The topological polar surface area (TPSA) is 101 Å². The highest BCUT2D eigenvalue weighted by molar-refractivity contribution is 9.10. The van der Waals surface area contributed by atoms with E-state index in [1.54, 1.807) is 13.0 Å². The van der Waals surface area contributed by atoms with E-state index in [4.69, 9.17) is 10.5 Å². The van der Waals surface area contributed by atoms with Gasteiger partial charge in [0.05, 0.1) is 18.1 Å². The average Bonchev–Trinajstić information content (AvgIpc) is 2.58. The number of halogens is 1. The average molecular weight is 402 g/mol. The van der Waals surface area contributed by atoms with Crippen LogP contribution in [0.5, 0.6) is 5.75 Å². The lowest BCUT2D eigenvalue weighted by atomic mass is 9.84.